The number of aliphatic hydroxyl groups is 1. The Labute approximate surface area is 275 Å². The summed E-state index contributed by atoms with van der Waals surface area (Å²) >= 11 is 0. The average Bonchev–Trinajstić information content (AvgIpc) is 3.55. The largest absolute Gasteiger partial charge is 0.515 e. The predicted molar refractivity (Wildman–Crippen MR) is 190 cm³/mol. The van der Waals surface area contributed by atoms with Crippen LogP contribution in [-0.4, -0.2) is 44.7 Å². The molecule has 0 aliphatic rings. The van der Waals surface area contributed by atoms with Crippen LogP contribution in [-0.2, 0) is 16.1 Å². The summed E-state index contributed by atoms with van der Waals surface area (Å²) in [6.07, 6.45) is 24.1. The Hall–Kier alpha value is -4.95. The third-order valence-electron chi connectivity index (χ3n) is 5.90. The quantitative estimate of drug-likeness (QED) is 0.0835. The van der Waals surface area contributed by atoms with Crippen LogP contribution in [0.3, 0.4) is 0 Å². The molecule has 8 heteroatoms. The summed E-state index contributed by atoms with van der Waals surface area (Å²) in [4.78, 5) is 30.1. The number of aromatic amines is 1. The SMILES string of the molecule is C/C=C(\C=C/c1ncc(C(=O)NC(CC)C(=O)O)[nH]1)C(/C=C\C=C/CC)=C\O.C=C/C=C(C)\C=C/COCc1ccccc1.CC. The molecule has 0 fully saturated rings. The van der Waals surface area contributed by atoms with Crippen molar-refractivity contribution in [2.45, 2.75) is 67.0 Å². The van der Waals surface area contributed by atoms with Crippen molar-refractivity contribution >= 4 is 18.0 Å². The Kier molecular flexibility index (Phi) is 23.6. The van der Waals surface area contributed by atoms with Gasteiger partial charge in [-0.15, -0.1) is 0 Å². The number of carbonyl (C=O) groups is 2. The van der Waals surface area contributed by atoms with Crippen molar-refractivity contribution in [1.82, 2.24) is 15.3 Å². The summed E-state index contributed by atoms with van der Waals surface area (Å²) in [5, 5.41) is 20.9. The summed E-state index contributed by atoms with van der Waals surface area (Å²) in [7, 11) is 0. The number of ether oxygens (including phenoxy) is 1. The second-order valence-corrected chi connectivity index (χ2v) is 9.36. The van der Waals surface area contributed by atoms with Gasteiger partial charge in [0.2, 0.25) is 0 Å². The molecule has 0 aliphatic carbocycles. The highest BCUT2D eigenvalue weighted by Crippen LogP contribution is 2.14. The Morgan fingerprint density at radius 2 is 1.78 bits per heavy atom. The van der Waals surface area contributed by atoms with Gasteiger partial charge in [0, 0.05) is 5.57 Å². The van der Waals surface area contributed by atoms with Crippen molar-refractivity contribution in [2.75, 3.05) is 6.61 Å². The van der Waals surface area contributed by atoms with Gasteiger partial charge in [-0.3, -0.25) is 4.79 Å². The highest BCUT2D eigenvalue weighted by Gasteiger charge is 2.19. The van der Waals surface area contributed by atoms with E-state index in [4.69, 9.17) is 9.84 Å². The molecular weight excluding hydrogens is 578 g/mol. The number of H-pyrrole nitrogens is 1. The van der Waals surface area contributed by atoms with Gasteiger partial charge in [0.05, 0.1) is 25.7 Å². The van der Waals surface area contributed by atoms with Crippen molar-refractivity contribution in [1.29, 1.82) is 0 Å². The van der Waals surface area contributed by atoms with Gasteiger partial charge >= 0.3 is 5.97 Å². The molecule has 46 heavy (non-hydrogen) atoms. The third-order valence-corrected chi connectivity index (χ3v) is 5.90. The Bertz CT molecular complexity index is 1380. The number of nitrogens with zero attached hydrogens (tertiary/aromatic N) is 1. The van der Waals surface area contributed by atoms with Crippen LogP contribution >= 0.6 is 0 Å². The first kappa shape index (κ1) is 41.0. The molecule has 1 heterocycles. The number of carboxylic acids is 1. The zero-order valence-corrected chi connectivity index (χ0v) is 28.1. The number of rotatable bonds is 16. The number of hydrogen-bond donors (Lipinski definition) is 4. The molecule has 1 atom stereocenters. The number of carbonyl (C=O) groups excluding carboxylic acids is 1. The number of carboxylic acid groups (broad SMARTS) is 1. The van der Waals surface area contributed by atoms with E-state index in [1.165, 1.54) is 17.3 Å². The molecule has 1 aromatic carbocycles. The van der Waals surface area contributed by atoms with Crippen LogP contribution in [0.1, 0.15) is 76.3 Å². The Balaban J connectivity index is 0.000000950. The maximum Gasteiger partial charge on any atom is 0.326 e. The van der Waals surface area contributed by atoms with Crippen LogP contribution in [0.2, 0.25) is 0 Å². The molecule has 0 spiro atoms. The lowest BCUT2D eigenvalue weighted by atomic mass is 10.1. The van der Waals surface area contributed by atoms with E-state index in [0.717, 1.165) is 18.3 Å². The van der Waals surface area contributed by atoms with Crippen LogP contribution in [0, 0.1) is 0 Å². The fraction of sp³-hybridized carbons (Fsp3) is 0.289. The van der Waals surface area contributed by atoms with E-state index >= 15 is 0 Å². The van der Waals surface area contributed by atoms with E-state index in [1.54, 1.807) is 31.2 Å². The van der Waals surface area contributed by atoms with Gasteiger partial charge in [0.15, 0.2) is 0 Å². The molecule has 0 saturated heterocycles. The van der Waals surface area contributed by atoms with E-state index in [9.17, 15) is 14.7 Å². The van der Waals surface area contributed by atoms with Crippen LogP contribution in [0.25, 0.3) is 6.08 Å². The molecule has 0 aliphatic heterocycles. The number of imidazole rings is 1. The summed E-state index contributed by atoms with van der Waals surface area (Å²) < 4.78 is 5.51. The third kappa shape index (κ3) is 18.0. The zero-order valence-electron chi connectivity index (χ0n) is 28.1. The van der Waals surface area contributed by atoms with Crippen molar-refractivity contribution in [2.24, 2.45) is 0 Å². The smallest absolute Gasteiger partial charge is 0.326 e. The molecule has 248 valence electrons. The zero-order chi connectivity index (χ0) is 34.6. The first-order valence-electron chi connectivity index (χ1n) is 15.5. The number of hydrogen-bond acceptors (Lipinski definition) is 5. The molecule has 8 nitrogen and oxygen atoms in total. The van der Waals surface area contributed by atoms with E-state index < -0.39 is 17.9 Å². The van der Waals surface area contributed by atoms with E-state index in [1.807, 2.05) is 95.3 Å². The number of amides is 1. The monoisotopic (exact) mass is 629 g/mol. The van der Waals surface area contributed by atoms with Gasteiger partial charge in [-0.1, -0.05) is 131 Å². The van der Waals surface area contributed by atoms with Gasteiger partial charge in [-0.25, -0.2) is 9.78 Å². The summed E-state index contributed by atoms with van der Waals surface area (Å²) in [6, 6.07) is 9.22. The van der Waals surface area contributed by atoms with Gasteiger partial charge in [-0.2, -0.15) is 0 Å². The minimum atomic E-state index is -1.08. The first-order valence-corrected chi connectivity index (χ1v) is 15.5. The van der Waals surface area contributed by atoms with E-state index in [2.05, 4.69) is 34.0 Å². The van der Waals surface area contributed by atoms with Gasteiger partial charge in [0.1, 0.15) is 17.6 Å². The number of aromatic nitrogens is 2. The fourth-order valence-electron chi connectivity index (χ4n) is 3.52. The number of benzene rings is 1. The lowest BCUT2D eigenvalue weighted by molar-refractivity contribution is -0.139. The highest BCUT2D eigenvalue weighted by atomic mass is 16.5. The minimum Gasteiger partial charge on any atom is -0.515 e. The summed E-state index contributed by atoms with van der Waals surface area (Å²) in [5.41, 5.74) is 3.94. The topological polar surface area (TPSA) is 125 Å². The number of allylic oxidation sites excluding steroid dienone is 12. The van der Waals surface area contributed by atoms with Gasteiger partial charge < -0.3 is 25.3 Å². The maximum atomic E-state index is 12.1. The van der Waals surface area contributed by atoms with Gasteiger partial charge in [0.25, 0.3) is 5.91 Å². The van der Waals surface area contributed by atoms with Crippen LogP contribution < -0.4 is 5.32 Å². The molecule has 4 N–H and O–H groups in total. The molecule has 1 amide bonds. The second-order valence-electron chi connectivity index (χ2n) is 9.36. The van der Waals surface area contributed by atoms with Crippen molar-refractivity contribution < 1.29 is 24.5 Å². The molecule has 1 unspecified atom stereocenters. The summed E-state index contributed by atoms with van der Waals surface area (Å²) in [6.45, 7) is 16.5. The normalized spacial score (nSPS) is 13.0. The number of aliphatic hydroxyl groups excluding tert-OH is 1. The Morgan fingerprint density at radius 3 is 2.37 bits per heavy atom. The minimum absolute atomic E-state index is 0.170. The molecule has 2 rings (SSSR count). The van der Waals surface area contributed by atoms with Crippen LogP contribution in [0.5, 0.6) is 0 Å². The molecular formula is C38H51N3O5. The van der Waals surface area contributed by atoms with Crippen LogP contribution in [0.15, 0.2) is 127 Å². The number of aliphatic carboxylic acids is 1. The van der Waals surface area contributed by atoms with Crippen LogP contribution in [0.4, 0.5) is 0 Å². The van der Waals surface area contributed by atoms with Crippen molar-refractivity contribution in [3.05, 3.63) is 144 Å². The second kappa shape index (κ2) is 26.5. The summed E-state index contributed by atoms with van der Waals surface area (Å²) in [5.74, 6) is -1.19. The fourth-order valence-corrected chi connectivity index (χ4v) is 3.52. The standard InChI is InChI=1S/C21H27N3O4.C15H18O.C2H6/c1-4-7-8-9-10-16(14-25)15(5-2)11-12-19-22-13-18(23-19)20(26)24-17(6-3)21(27)28;1-3-8-14(2)9-7-12-16-13-15-10-5-4-6-11-15;1-2/h5,7-14,17,25H,4,6H2,1-3H3,(H,22,23)(H,24,26)(H,27,28);3-11H,1,12-13H2,2H3;1-2H3/b8-7-,10-9-,12-11-,15-5+,16-14-;9-7-,14-8-;. The average molecular weight is 630 g/mol. The lowest BCUT2D eigenvalue weighted by Crippen LogP contribution is -2.40. The van der Waals surface area contributed by atoms with E-state index in [0.29, 0.717) is 24.6 Å². The molecule has 0 bridgehead atoms. The number of nitrogens with one attached hydrogen (secondary N) is 2. The Morgan fingerprint density at radius 1 is 1.07 bits per heavy atom. The molecule has 1 aromatic heterocycles. The molecule has 0 saturated carbocycles. The lowest BCUT2D eigenvalue weighted by Gasteiger charge is -2.10. The van der Waals surface area contributed by atoms with Gasteiger partial charge in [-0.05, 0) is 43.9 Å². The highest BCUT2D eigenvalue weighted by molar-refractivity contribution is 5.95. The van der Waals surface area contributed by atoms with Crippen molar-refractivity contribution in [3.63, 3.8) is 0 Å². The molecule has 2 aromatic rings. The first-order chi connectivity index (χ1) is 22.3. The maximum absolute atomic E-state index is 12.1. The van der Waals surface area contributed by atoms with E-state index in [-0.39, 0.29) is 12.1 Å². The molecule has 0 radical (unpaired) electrons. The predicted octanol–water partition coefficient (Wildman–Crippen LogP) is 8.84. The van der Waals surface area contributed by atoms with Crippen molar-refractivity contribution in [3.8, 4) is 0 Å².